The Hall–Kier alpha value is -0.920. The van der Waals surface area contributed by atoms with Crippen molar-refractivity contribution in [2.45, 2.75) is 83.8 Å². The van der Waals surface area contributed by atoms with Gasteiger partial charge in [-0.1, -0.05) is 57.3 Å². The van der Waals surface area contributed by atoms with Gasteiger partial charge in [0.15, 0.2) is 0 Å². The number of rotatable bonds is 7. The molecule has 0 aromatic heterocycles. The molecule has 2 atom stereocenters. The van der Waals surface area contributed by atoms with Gasteiger partial charge in [-0.25, -0.2) is 0 Å². The summed E-state index contributed by atoms with van der Waals surface area (Å²) in [7, 11) is 0. The smallest absolute Gasteiger partial charge is 0.0950 e. The van der Waals surface area contributed by atoms with Crippen LogP contribution in [0.1, 0.15) is 71.6 Å². The Morgan fingerprint density at radius 3 is 2.33 bits per heavy atom. The van der Waals surface area contributed by atoms with Gasteiger partial charge in [0.2, 0.25) is 0 Å². The lowest BCUT2D eigenvalue weighted by Gasteiger charge is -1.94. The van der Waals surface area contributed by atoms with E-state index in [0.29, 0.717) is 12.2 Å². The van der Waals surface area contributed by atoms with E-state index in [1.807, 2.05) is 0 Å². The third kappa shape index (κ3) is 7.41. The zero-order valence-corrected chi connectivity index (χ0v) is 11.9. The lowest BCUT2D eigenvalue weighted by atomic mass is 10.1. The molecule has 1 heteroatoms. The molecule has 2 unspecified atom stereocenters. The van der Waals surface area contributed by atoms with Gasteiger partial charge in [-0.3, -0.25) is 0 Å². The predicted octanol–water partition coefficient (Wildman–Crippen LogP) is 4.31. The molecule has 1 fully saturated rings. The van der Waals surface area contributed by atoms with Gasteiger partial charge in [0, 0.05) is 12.8 Å². The first-order chi connectivity index (χ1) is 8.88. The number of epoxide rings is 1. The summed E-state index contributed by atoms with van der Waals surface area (Å²) in [6, 6.07) is 0. The quantitative estimate of drug-likeness (QED) is 0.370. The Labute approximate surface area is 113 Å². The van der Waals surface area contributed by atoms with Crippen molar-refractivity contribution in [2.75, 3.05) is 0 Å². The molecule has 0 saturated carbocycles. The van der Waals surface area contributed by atoms with E-state index >= 15 is 0 Å². The summed E-state index contributed by atoms with van der Waals surface area (Å²) in [5.74, 6) is 12.6. The highest BCUT2D eigenvalue weighted by atomic mass is 16.6. The summed E-state index contributed by atoms with van der Waals surface area (Å²) in [4.78, 5) is 0. The van der Waals surface area contributed by atoms with Crippen LogP contribution >= 0.6 is 0 Å². The Bertz CT molecular complexity index is 323. The largest absolute Gasteiger partial charge is 0.369 e. The average molecular weight is 246 g/mol. The van der Waals surface area contributed by atoms with Crippen molar-refractivity contribution in [3.8, 4) is 23.7 Å². The summed E-state index contributed by atoms with van der Waals surface area (Å²) >= 11 is 0. The van der Waals surface area contributed by atoms with E-state index in [9.17, 15) is 0 Å². The molecule has 0 bridgehead atoms. The highest BCUT2D eigenvalue weighted by Crippen LogP contribution is 2.27. The fraction of sp³-hybridized carbons (Fsp3) is 0.765. The van der Waals surface area contributed by atoms with Gasteiger partial charge in [-0.2, -0.15) is 0 Å². The number of unbranched alkanes of at least 4 members (excludes halogenated alkanes) is 5. The molecule has 1 rings (SSSR count). The van der Waals surface area contributed by atoms with Gasteiger partial charge in [-0.15, -0.1) is 5.92 Å². The maximum absolute atomic E-state index is 5.42. The second kappa shape index (κ2) is 10.0. The summed E-state index contributed by atoms with van der Waals surface area (Å²) in [6.45, 7) is 4.40. The second-order valence-corrected chi connectivity index (χ2v) is 4.87. The van der Waals surface area contributed by atoms with Crippen molar-refractivity contribution in [1.82, 2.24) is 0 Å². The zero-order chi connectivity index (χ0) is 13.1. The first kappa shape index (κ1) is 15.1. The van der Waals surface area contributed by atoms with Crippen LogP contribution < -0.4 is 0 Å². The molecule has 1 aliphatic rings. The molecule has 1 saturated heterocycles. The van der Waals surface area contributed by atoms with Crippen LogP contribution in [0.2, 0.25) is 0 Å². The van der Waals surface area contributed by atoms with Crippen molar-refractivity contribution in [1.29, 1.82) is 0 Å². The van der Waals surface area contributed by atoms with Crippen LogP contribution in [-0.4, -0.2) is 12.2 Å². The molecule has 0 aromatic carbocycles. The van der Waals surface area contributed by atoms with Gasteiger partial charge in [0.25, 0.3) is 0 Å². The standard InChI is InChI=1S/C17H26O/c1-3-5-6-7-8-9-10-11-12-13-14-15-17-16(4-2)18-17/h16-17H,3-9,12,15H2,1-2H3. The summed E-state index contributed by atoms with van der Waals surface area (Å²) in [6.07, 6.45) is 11.3. The Balaban J connectivity index is 1.90. The SMILES string of the molecule is CCCCCCCC#CCC#CCC1OC1CC. The summed E-state index contributed by atoms with van der Waals surface area (Å²) in [5, 5.41) is 0. The van der Waals surface area contributed by atoms with E-state index < -0.39 is 0 Å². The van der Waals surface area contributed by atoms with E-state index in [1.54, 1.807) is 0 Å². The second-order valence-electron chi connectivity index (χ2n) is 4.87. The minimum atomic E-state index is 0.411. The number of ether oxygens (including phenoxy) is 1. The third-order valence-corrected chi connectivity index (χ3v) is 3.23. The van der Waals surface area contributed by atoms with E-state index in [2.05, 4.69) is 37.5 Å². The van der Waals surface area contributed by atoms with Crippen LogP contribution in [0, 0.1) is 23.7 Å². The molecule has 0 spiro atoms. The van der Waals surface area contributed by atoms with Crippen molar-refractivity contribution in [2.24, 2.45) is 0 Å². The normalized spacial score (nSPS) is 20.6. The van der Waals surface area contributed by atoms with E-state index in [1.165, 1.54) is 32.1 Å². The van der Waals surface area contributed by atoms with Crippen molar-refractivity contribution >= 4 is 0 Å². The van der Waals surface area contributed by atoms with Crippen molar-refractivity contribution in [3.63, 3.8) is 0 Å². The van der Waals surface area contributed by atoms with E-state index in [0.717, 1.165) is 25.7 Å². The molecule has 0 radical (unpaired) electrons. The van der Waals surface area contributed by atoms with Gasteiger partial charge < -0.3 is 4.74 Å². The first-order valence-corrected chi connectivity index (χ1v) is 7.45. The fourth-order valence-corrected chi connectivity index (χ4v) is 1.97. The molecule has 0 aliphatic carbocycles. The molecule has 0 aromatic rings. The van der Waals surface area contributed by atoms with E-state index in [-0.39, 0.29) is 0 Å². The zero-order valence-electron chi connectivity index (χ0n) is 11.9. The van der Waals surface area contributed by atoms with Crippen LogP contribution in [0.4, 0.5) is 0 Å². The lowest BCUT2D eigenvalue weighted by Crippen LogP contribution is -1.89. The molecule has 1 nitrogen and oxygen atoms in total. The molecular weight excluding hydrogens is 220 g/mol. The van der Waals surface area contributed by atoms with Gasteiger partial charge in [0.1, 0.15) is 0 Å². The fourth-order valence-electron chi connectivity index (χ4n) is 1.97. The van der Waals surface area contributed by atoms with Crippen molar-refractivity contribution in [3.05, 3.63) is 0 Å². The molecule has 1 aliphatic heterocycles. The first-order valence-electron chi connectivity index (χ1n) is 7.45. The van der Waals surface area contributed by atoms with Crippen LogP contribution in [0.5, 0.6) is 0 Å². The number of hydrogen-bond donors (Lipinski definition) is 0. The maximum Gasteiger partial charge on any atom is 0.0950 e. The average Bonchev–Trinajstić information content (AvgIpc) is 3.14. The van der Waals surface area contributed by atoms with Gasteiger partial charge in [-0.05, 0) is 12.8 Å². The molecule has 1 heterocycles. The maximum atomic E-state index is 5.42. The Morgan fingerprint density at radius 1 is 0.833 bits per heavy atom. The van der Waals surface area contributed by atoms with Crippen LogP contribution in [0.3, 0.4) is 0 Å². The van der Waals surface area contributed by atoms with Gasteiger partial charge in [0.05, 0.1) is 18.6 Å². The monoisotopic (exact) mass is 246 g/mol. The Morgan fingerprint density at radius 2 is 1.61 bits per heavy atom. The molecule has 0 amide bonds. The molecular formula is C17H26O. The van der Waals surface area contributed by atoms with Crippen LogP contribution in [-0.2, 0) is 4.74 Å². The van der Waals surface area contributed by atoms with Crippen molar-refractivity contribution < 1.29 is 4.74 Å². The van der Waals surface area contributed by atoms with Crippen LogP contribution in [0.15, 0.2) is 0 Å². The highest BCUT2D eigenvalue weighted by molar-refractivity contribution is 5.13. The van der Waals surface area contributed by atoms with Gasteiger partial charge >= 0.3 is 0 Å². The molecule has 18 heavy (non-hydrogen) atoms. The minimum absolute atomic E-state index is 0.411. The summed E-state index contributed by atoms with van der Waals surface area (Å²) < 4.78 is 5.42. The topological polar surface area (TPSA) is 12.5 Å². The molecule has 100 valence electrons. The predicted molar refractivity (Wildman–Crippen MR) is 77.1 cm³/mol. The van der Waals surface area contributed by atoms with Crippen LogP contribution in [0.25, 0.3) is 0 Å². The Kier molecular flexibility index (Phi) is 8.45. The summed E-state index contributed by atoms with van der Waals surface area (Å²) in [5.41, 5.74) is 0. The minimum Gasteiger partial charge on any atom is -0.369 e. The third-order valence-electron chi connectivity index (χ3n) is 3.23. The highest BCUT2D eigenvalue weighted by Gasteiger charge is 2.35. The van der Waals surface area contributed by atoms with E-state index in [4.69, 9.17) is 4.74 Å². The number of hydrogen-bond acceptors (Lipinski definition) is 1. The lowest BCUT2D eigenvalue weighted by molar-refractivity contribution is 0.369. The molecule has 0 N–H and O–H groups in total.